The van der Waals surface area contributed by atoms with E-state index >= 15 is 0 Å². The lowest BCUT2D eigenvalue weighted by Gasteiger charge is -2.16. The molecule has 3 rings (SSSR count). The maximum absolute atomic E-state index is 11.5. The maximum atomic E-state index is 11.5. The standard InChI is InChI=1S/C16H17N3O3/c17-11-22-15-13-4-2-1-3-12(13)5-6-14(15)21-10-9-19-8-7-18-16(19)20/h3-6H,1-2,7-10H2,(H,18,20). The molecule has 1 fully saturated rings. The number of hydrogen-bond acceptors (Lipinski definition) is 4. The summed E-state index contributed by atoms with van der Waals surface area (Å²) in [6.45, 7) is 2.23. The second-order valence-corrected chi connectivity index (χ2v) is 5.14. The van der Waals surface area contributed by atoms with Crippen LogP contribution in [0.4, 0.5) is 4.79 Å². The van der Waals surface area contributed by atoms with Crippen molar-refractivity contribution in [2.24, 2.45) is 0 Å². The molecule has 0 atom stereocenters. The van der Waals surface area contributed by atoms with Crippen molar-refractivity contribution >= 4 is 18.2 Å². The molecule has 6 nitrogen and oxygen atoms in total. The van der Waals surface area contributed by atoms with E-state index in [1.54, 1.807) is 11.2 Å². The number of carbonyl (C=O) groups excluding carboxylic acids is 1. The number of benzene rings is 1. The minimum atomic E-state index is -0.0644. The van der Waals surface area contributed by atoms with Gasteiger partial charge in [0.15, 0.2) is 11.5 Å². The highest BCUT2D eigenvalue weighted by Gasteiger charge is 2.19. The predicted octanol–water partition coefficient (Wildman–Crippen LogP) is 0.305. The lowest BCUT2D eigenvalue weighted by Crippen LogP contribution is -2.32. The number of hydrogen-bond donors (Lipinski definition) is 1. The van der Waals surface area contributed by atoms with Gasteiger partial charge >= 0.3 is 6.03 Å². The minimum Gasteiger partial charge on any atom is -0.488 e. The summed E-state index contributed by atoms with van der Waals surface area (Å²) < 4.78 is 10.8. The predicted molar refractivity (Wildman–Crippen MR) is 80.6 cm³/mol. The molecule has 0 radical (unpaired) electrons. The van der Waals surface area contributed by atoms with Crippen LogP contribution in [0.5, 0.6) is 11.5 Å². The van der Waals surface area contributed by atoms with Gasteiger partial charge in [0.2, 0.25) is 0 Å². The van der Waals surface area contributed by atoms with Crippen molar-refractivity contribution in [3.8, 4) is 17.8 Å². The molecule has 0 spiro atoms. The average Bonchev–Trinajstić information content (AvgIpc) is 2.95. The first kappa shape index (κ1) is 14.3. The van der Waals surface area contributed by atoms with Gasteiger partial charge in [-0.25, -0.2) is 4.79 Å². The third kappa shape index (κ3) is 2.84. The number of carbonyl (C=O) groups is 1. The van der Waals surface area contributed by atoms with Gasteiger partial charge in [0.05, 0.1) is 6.54 Å². The second-order valence-electron chi connectivity index (χ2n) is 5.14. The number of nitrogens with zero attached hydrogens (tertiary/aromatic N) is 2. The zero-order valence-electron chi connectivity index (χ0n) is 12.2. The number of ether oxygens (including phenoxy) is 2. The van der Waals surface area contributed by atoms with Crippen molar-refractivity contribution in [2.45, 2.75) is 12.8 Å². The Bertz CT molecular complexity index is 736. The minimum absolute atomic E-state index is 0.0644. The Morgan fingerprint density at radius 1 is 1.32 bits per heavy atom. The van der Waals surface area contributed by atoms with Crippen LogP contribution in [0.15, 0.2) is 12.1 Å². The fourth-order valence-electron chi connectivity index (χ4n) is 2.70. The Labute approximate surface area is 128 Å². The van der Waals surface area contributed by atoms with Gasteiger partial charge in [-0.3, -0.25) is 0 Å². The second kappa shape index (κ2) is 6.39. The summed E-state index contributed by atoms with van der Waals surface area (Å²) in [4.78, 5) is 13.2. The van der Waals surface area contributed by atoms with E-state index in [9.17, 15) is 4.79 Å². The van der Waals surface area contributed by atoms with Gasteiger partial charge in [0.1, 0.15) is 6.61 Å². The maximum Gasteiger partial charge on any atom is 0.317 e. The van der Waals surface area contributed by atoms with Crippen molar-refractivity contribution in [3.05, 3.63) is 22.6 Å². The number of nitrogens with one attached hydrogen (secondary N) is 1. The van der Waals surface area contributed by atoms with Crippen LogP contribution in [-0.4, -0.2) is 37.2 Å². The summed E-state index contributed by atoms with van der Waals surface area (Å²) in [6.07, 6.45) is 7.82. The van der Waals surface area contributed by atoms with Crippen LogP contribution >= 0.6 is 0 Å². The molecule has 2 aliphatic rings. The van der Waals surface area contributed by atoms with Crippen LogP contribution in [-0.2, 0) is 0 Å². The van der Waals surface area contributed by atoms with Gasteiger partial charge < -0.3 is 19.7 Å². The Hall–Kier alpha value is -2.68. The van der Waals surface area contributed by atoms with Gasteiger partial charge in [-0.1, -0.05) is 18.2 Å². The van der Waals surface area contributed by atoms with Gasteiger partial charge in [0.25, 0.3) is 6.26 Å². The molecule has 1 aliphatic carbocycles. The molecule has 1 N–H and O–H groups in total. The molecule has 6 heteroatoms. The summed E-state index contributed by atoms with van der Waals surface area (Å²) in [7, 11) is 0. The lowest BCUT2D eigenvalue weighted by atomic mass is 10.1. The Kier molecular flexibility index (Phi) is 4.15. The van der Waals surface area contributed by atoms with E-state index in [4.69, 9.17) is 14.7 Å². The fourth-order valence-corrected chi connectivity index (χ4v) is 2.70. The smallest absolute Gasteiger partial charge is 0.317 e. The number of rotatable bonds is 5. The Morgan fingerprint density at radius 3 is 2.95 bits per heavy atom. The van der Waals surface area contributed by atoms with Crippen molar-refractivity contribution in [1.29, 1.82) is 5.26 Å². The molecule has 0 bridgehead atoms. The molecule has 1 aromatic rings. The monoisotopic (exact) mass is 299 g/mol. The van der Waals surface area contributed by atoms with Gasteiger partial charge in [-0.15, -0.1) is 5.26 Å². The van der Waals surface area contributed by atoms with Crippen LogP contribution < -0.4 is 25.2 Å². The van der Waals surface area contributed by atoms with Crippen LogP contribution in [0, 0.1) is 11.5 Å². The molecule has 0 saturated carbocycles. The number of amides is 2. The molecule has 1 aliphatic heterocycles. The third-order valence-corrected chi connectivity index (χ3v) is 3.78. The summed E-state index contributed by atoms with van der Waals surface area (Å²) in [5.74, 6) is 0.994. The van der Waals surface area contributed by atoms with Crippen molar-refractivity contribution < 1.29 is 14.3 Å². The van der Waals surface area contributed by atoms with E-state index < -0.39 is 0 Å². The Morgan fingerprint density at radius 2 is 2.18 bits per heavy atom. The van der Waals surface area contributed by atoms with Crippen LogP contribution in [0.3, 0.4) is 0 Å². The van der Waals surface area contributed by atoms with Crippen molar-refractivity contribution in [2.75, 3.05) is 26.2 Å². The third-order valence-electron chi connectivity index (χ3n) is 3.78. The highest BCUT2D eigenvalue weighted by molar-refractivity contribution is 5.76. The number of nitriles is 1. The zero-order valence-corrected chi connectivity index (χ0v) is 12.2. The summed E-state index contributed by atoms with van der Waals surface area (Å²) in [5.41, 5.74) is 0. The van der Waals surface area contributed by atoms with Crippen molar-refractivity contribution in [3.63, 3.8) is 0 Å². The normalized spacial score (nSPS) is 16.0. The van der Waals surface area contributed by atoms with Crippen LogP contribution in [0.2, 0.25) is 0 Å². The van der Waals surface area contributed by atoms with E-state index in [2.05, 4.69) is 17.5 Å². The quantitative estimate of drug-likeness (QED) is 0.794. The first-order valence-corrected chi connectivity index (χ1v) is 7.34. The van der Waals surface area contributed by atoms with Crippen molar-refractivity contribution in [1.82, 2.24) is 10.2 Å². The molecular weight excluding hydrogens is 282 g/mol. The van der Waals surface area contributed by atoms with E-state index in [1.165, 1.54) is 0 Å². The summed E-state index contributed by atoms with van der Waals surface area (Å²) in [6, 6.07) is 3.71. The van der Waals surface area contributed by atoms with Gasteiger partial charge in [-0.2, -0.15) is 0 Å². The first-order valence-electron chi connectivity index (χ1n) is 7.34. The highest BCUT2D eigenvalue weighted by Crippen LogP contribution is 2.22. The molecule has 22 heavy (non-hydrogen) atoms. The van der Waals surface area contributed by atoms with Crippen LogP contribution in [0.1, 0.15) is 12.8 Å². The molecule has 1 aromatic carbocycles. The van der Waals surface area contributed by atoms with E-state index in [0.29, 0.717) is 37.7 Å². The van der Waals surface area contributed by atoms with Gasteiger partial charge in [-0.05, 0) is 24.1 Å². The van der Waals surface area contributed by atoms with E-state index in [-0.39, 0.29) is 6.03 Å². The molecule has 2 amide bonds. The topological polar surface area (TPSA) is 74.6 Å². The largest absolute Gasteiger partial charge is 0.488 e. The molecule has 114 valence electrons. The molecular formula is C16H17N3O3. The zero-order chi connectivity index (χ0) is 15.4. The average molecular weight is 299 g/mol. The molecule has 1 saturated heterocycles. The lowest BCUT2D eigenvalue weighted by molar-refractivity contribution is 0.201. The number of urea groups is 1. The van der Waals surface area contributed by atoms with Crippen LogP contribution in [0.25, 0.3) is 12.2 Å². The van der Waals surface area contributed by atoms with E-state index in [0.717, 1.165) is 23.3 Å². The Balaban J connectivity index is 1.76. The summed E-state index contributed by atoms with van der Waals surface area (Å²) >= 11 is 0. The summed E-state index contributed by atoms with van der Waals surface area (Å²) in [5, 5.41) is 13.6. The molecule has 1 heterocycles. The fraction of sp³-hybridized carbons (Fsp3) is 0.375. The number of fused-ring (bicyclic) bond motifs is 1. The van der Waals surface area contributed by atoms with Gasteiger partial charge in [0, 0.05) is 18.3 Å². The first-order chi connectivity index (χ1) is 10.8. The highest BCUT2D eigenvalue weighted by atomic mass is 16.5. The SMILES string of the molecule is N#COc1c(OCCN2CCNC2=O)ccc2c1=CCCC=2. The molecule has 0 aromatic heterocycles. The van der Waals surface area contributed by atoms with E-state index in [1.807, 2.05) is 12.1 Å². The molecule has 0 unspecified atom stereocenters.